The number of fused-ring (bicyclic) bond motifs is 2. The number of hydrogen-bond acceptors (Lipinski definition) is 6. The van der Waals surface area contributed by atoms with Gasteiger partial charge >= 0.3 is 11.9 Å². The average molecular weight is 545 g/mol. The van der Waals surface area contributed by atoms with E-state index in [1.54, 1.807) is 18.2 Å². The quantitative estimate of drug-likeness (QED) is 0.0928. The molecule has 0 amide bonds. The number of esters is 1. The van der Waals surface area contributed by atoms with E-state index in [1.165, 1.54) is 32.1 Å². The zero-order chi connectivity index (χ0) is 28.3. The second kappa shape index (κ2) is 14.3. The van der Waals surface area contributed by atoms with Gasteiger partial charge < -0.3 is 19.0 Å². The molecule has 1 aliphatic carbocycles. The van der Waals surface area contributed by atoms with E-state index in [0.29, 0.717) is 34.8 Å². The predicted octanol–water partition coefficient (Wildman–Crippen LogP) is 7.72. The molecule has 7 heteroatoms. The Morgan fingerprint density at radius 3 is 2.23 bits per heavy atom. The molecule has 4 rings (SSSR count). The van der Waals surface area contributed by atoms with Crippen LogP contribution in [0, 0.1) is 0 Å². The van der Waals surface area contributed by atoms with Crippen LogP contribution in [0.5, 0.6) is 5.75 Å². The van der Waals surface area contributed by atoms with E-state index >= 15 is 0 Å². The maximum atomic E-state index is 12.6. The molecule has 210 valence electrons. The molecule has 7 nitrogen and oxygen atoms in total. The van der Waals surface area contributed by atoms with Gasteiger partial charge in [0, 0.05) is 35.1 Å². The van der Waals surface area contributed by atoms with Gasteiger partial charge in [-0.05, 0) is 48.7 Å². The molecular weight excluding hydrogens is 508 g/mol. The van der Waals surface area contributed by atoms with E-state index in [-0.39, 0.29) is 11.8 Å². The fourth-order valence-electron chi connectivity index (χ4n) is 5.03. The van der Waals surface area contributed by atoms with Crippen LogP contribution in [0.1, 0.15) is 74.6 Å². The summed E-state index contributed by atoms with van der Waals surface area (Å²) >= 11 is 0. The molecular formula is C33H36O7. The van der Waals surface area contributed by atoms with Gasteiger partial charge in [0.25, 0.3) is 0 Å². The molecule has 0 saturated heterocycles. The fraction of sp³-hybridized carbons (Fsp3) is 0.364. The lowest BCUT2D eigenvalue weighted by molar-refractivity contribution is -0.137. The minimum absolute atomic E-state index is 0.159. The van der Waals surface area contributed by atoms with Gasteiger partial charge in [-0.15, -0.1) is 0 Å². The third-order valence-electron chi connectivity index (χ3n) is 7.07. The SMILES string of the molecule is COC(=O)c1ccccc1-c1c2ccc(=O)cc-2oc2cc(OCCCCCCCCCCCC(=O)O)ccc12. The number of carbonyl (C=O) groups excluding carboxylic acids is 1. The minimum Gasteiger partial charge on any atom is -0.493 e. The van der Waals surface area contributed by atoms with Crippen LogP contribution in [0.3, 0.4) is 0 Å². The number of methoxy groups -OCH3 is 1. The molecule has 40 heavy (non-hydrogen) atoms. The summed E-state index contributed by atoms with van der Waals surface area (Å²) in [6.07, 6.45) is 9.84. The summed E-state index contributed by atoms with van der Waals surface area (Å²) in [4.78, 5) is 35.2. The van der Waals surface area contributed by atoms with Gasteiger partial charge in [0.15, 0.2) is 5.43 Å². The van der Waals surface area contributed by atoms with Gasteiger partial charge in [0.2, 0.25) is 0 Å². The first-order valence-electron chi connectivity index (χ1n) is 14.0. The molecule has 0 radical (unpaired) electrons. The van der Waals surface area contributed by atoms with Crippen molar-refractivity contribution in [2.24, 2.45) is 0 Å². The Bertz CT molecular complexity index is 1470. The van der Waals surface area contributed by atoms with Crippen LogP contribution in [0.2, 0.25) is 0 Å². The summed E-state index contributed by atoms with van der Waals surface area (Å²) in [5.74, 6) is -0.0252. The Morgan fingerprint density at radius 1 is 0.800 bits per heavy atom. The van der Waals surface area contributed by atoms with Crippen molar-refractivity contribution in [1.82, 2.24) is 0 Å². The monoisotopic (exact) mass is 544 g/mol. The number of aliphatic carboxylic acids is 1. The average Bonchev–Trinajstić information content (AvgIpc) is 2.95. The van der Waals surface area contributed by atoms with Crippen LogP contribution < -0.4 is 10.2 Å². The Morgan fingerprint density at radius 2 is 1.50 bits per heavy atom. The molecule has 1 N–H and O–H groups in total. The molecule has 0 saturated carbocycles. The Balaban J connectivity index is 1.41. The molecule has 0 unspecified atom stereocenters. The van der Waals surface area contributed by atoms with Crippen molar-refractivity contribution in [2.75, 3.05) is 13.7 Å². The molecule has 2 aromatic carbocycles. The van der Waals surface area contributed by atoms with Crippen molar-refractivity contribution in [3.63, 3.8) is 0 Å². The maximum absolute atomic E-state index is 12.6. The first-order chi connectivity index (χ1) is 19.5. The largest absolute Gasteiger partial charge is 0.493 e. The summed E-state index contributed by atoms with van der Waals surface area (Å²) in [7, 11) is 1.36. The highest BCUT2D eigenvalue weighted by Crippen LogP contribution is 2.42. The first-order valence-corrected chi connectivity index (χ1v) is 14.0. The Kier molecular flexibility index (Phi) is 10.3. The second-order valence-electron chi connectivity index (χ2n) is 10.0. The van der Waals surface area contributed by atoms with E-state index < -0.39 is 11.9 Å². The van der Waals surface area contributed by atoms with Crippen LogP contribution in [0.4, 0.5) is 0 Å². The van der Waals surface area contributed by atoms with Crippen LogP contribution in [0.15, 0.2) is 69.9 Å². The summed E-state index contributed by atoms with van der Waals surface area (Å²) in [6, 6.07) is 17.6. The first kappa shape index (κ1) is 28.9. The van der Waals surface area contributed by atoms with Gasteiger partial charge in [-0.2, -0.15) is 0 Å². The maximum Gasteiger partial charge on any atom is 0.338 e. The van der Waals surface area contributed by atoms with E-state index in [0.717, 1.165) is 61.5 Å². The molecule has 2 aliphatic rings. The van der Waals surface area contributed by atoms with Crippen LogP contribution in [-0.4, -0.2) is 30.8 Å². The molecule has 0 atom stereocenters. The zero-order valence-corrected chi connectivity index (χ0v) is 22.9. The van der Waals surface area contributed by atoms with Crippen molar-refractivity contribution in [3.8, 4) is 28.2 Å². The third kappa shape index (κ3) is 7.50. The van der Waals surface area contributed by atoms with Crippen molar-refractivity contribution in [1.29, 1.82) is 0 Å². The summed E-state index contributed by atoms with van der Waals surface area (Å²) in [5.41, 5.74) is 3.07. The van der Waals surface area contributed by atoms with Crippen molar-refractivity contribution < 1.29 is 28.6 Å². The van der Waals surface area contributed by atoms with Crippen molar-refractivity contribution in [3.05, 3.63) is 76.5 Å². The Labute approximate surface area is 234 Å². The number of rotatable bonds is 15. The summed E-state index contributed by atoms with van der Waals surface area (Å²) in [5, 5.41) is 9.48. The van der Waals surface area contributed by atoms with Gasteiger partial charge in [0.1, 0.15) is 17.1 Å². The number of ether oxygens (including phenoxy) is 2. The molecule has 0 fully saturated rings. The van der Waals surface area contributed by atoms with E-state index in [9.17, 15) is 14.4 Å². The normalized spacial score (nSPS) is 11.1. The van der Waals surface area contributed by atoms with Crippen LogP contribution in [-0.2, 0) is 9.53 Å². The summed E-state index contributed by atoms with van der Waals surface area (Å²) in [6.45, 7) is 0.594. The number of hydrogen-bond donors (Lipinski definition) is 1. The highest BCUT2D eigenvalue weighted by Gasteiger charge is 2.22. The zero-order valence-electron chi connectivity index (χ0n) is 22.9. The lowest BCUT2D eigenvalue weighted by Crippen LogP contribution is -2.05. The van der Waals surface area contributed by atoms with Crippen molar-refractivity contribution >= 4 is 22.9 Å². The predicted molar refractivity (Wildman–Crippen MR) is 155 cm³/mol. The van der Waals surface area contributed by atoms with E-state index in [2.05, 4.69) is 0 Å². The second-order valence-corrected chi connectivity index (χ2v) is 10.0. The lowest BCUT2D eigenvalue weighted by Gasteiger charge is -2.17. The van der Waals surface area contributed by atoms with Crippen LogP contribution >= 0.6 is 0 Å². The van der Waals surface area contributed by atoms with E-state index in [1.807, 2.05) is 30.3 Å². The van der Waals surface area contributed by atoms with Gasteiger partial charge in [-0.25, -0.2) is 4.79 Å². The molecule has 0 aromatic heterocycles. The van der Waals surface area contributed by atoms with E-state index in [4.69, 9.17) is 19.0 Å². The summed E-state index contributed by atoms with van der Waals surface area (Å²) < 4.78 is 17.2. The topological polar surface area (TPSA) is 103 Å². The standard InChI is InChI=1S/C33H36O7/c1-38-33(37)26-14-11-10-13-25(26)32-27-18-16-23(34)21-29(27)40-30-22-24(17-19-28(30)32)39-20-12-8-6-4-2-3-5-7-9-15-31(35)36/h10-11,13-14,16-19,21-22H,2-9,12,15,20H2,1H3,(H,35,36). The number of carboxylic acid groups (broad SMARTS) is 1. The Hall–Kier alpha value is -4.13. The number of carbonyl (C=O) groups is 2. The number of unbranched alkanes of at least 4 members (excludes halogenated alkanes) is 8. The number of benzene rings is 3. The highest BCUT2D eigenvalue weighted by molar-refractivity contribution is 6.07. The highest BCUT2D eigenvalue weighted by atomic mass is 16.5. The van der Waals surface area contributed by atoms with Gasteiger partial charge in [-0.1, -0.05) is 63.1 Å². The molecule has 0 bridgehead atoms. The smallest absolute Gasteiger partial charge is 0.338 e. The molecule has 2 aromatic rings. The molecule has 1 aliphatic heterocycles. The third-order valence-corrected chi connectivity index (χ3v) is 7.07. The van der Waals surface area contributed by atoms with Crippen molar-refractivity contribution in [2.45, 2.75) is 64.2 Å². The minimum atomic E-state index is -0.710. The van der Waals surface area contributed by atoms with Crippen LogP contribution in [0.25, 0.3) is 33.4 Å². The lowest BCUT2D eigenvalue weighted by atomic mass is 9.91. The van der Waals surface area contributed by atoms with Gasteiger partial charge in [-0.3, -0.25) is 9.59 Å². The molecule has 1 heterocycles. The number of carboxylic acids is 1. The molecule has 0 spiro atoms. The van der Waals surface area contributed by atoms with Gasteiger partial charge in [0.05, 0.1) is 19.3 Å². The fourth-order valence-corrected chi connectivity index (χ4v) is 5.03.